The van der Waals surface area contributed by atoms with Gasteiger partial charge in [0.15, 0.2) is 76.0 Å². The van der Waals surface area contributed by atoms with Gasteiger partial charge in [0, 0.05) is 17.5 Å². The lowest BCUT2D eigenvalue weighted by atomic mass is 9.12. The van der Waals surface area contributed by atoms with Crippen LogP contribution in [0.25, 0.3) is 10.8 Å². The summed E-state index contributed by atoms with van der Waals surface area (Å²) < 4.78 is 296. The fourth-order valence-corrected chi connectivity index (χ4v) is 7.68. The number of nitrogens with zero attached hydrogens (tertiary/aromatic N) is 1. The number of aromatic nitrogens is 1. The molecule has 0 amide bonds. The first-order valence-corrected chi connectivity index (χ1v) is 19.0. The van der Waals surface area contributed by atoms with Crippen LogP contribution in [0.1, 0.15) is 34.7 Å². The van der Waals surface area contributed by atoms with Gasteiger partial charge >= 0.3 is 0 Å². The van der Waals surface area contributed by atoms with E-state index in [1.54, 1.807) is 16.7 Å². The van der Waals surface area contributed by atoms with Crippen molar-refractivity contribution < 1.29 is 102 Å². The van der Waals surface area contributed by atoms with Crippen LogP contribution in [0.4, 0.5) is 87.8 Å². The standard InChI is InChI=1S/C24BF20.C21H20NO2/c26-5-1(6(27)14(35)21(42)13(5)34)25(2-7(28)15(36)22(43)16(37)8(2)29,3-9(30)17(38)23(44)18(39)10(3)31)4-11(32)19(40)24(45)20(41)12(4)33;1-15(2)21(24)20-18-11-7-6-8-16(18)12-13-22(20)14-19(23)17-9-4-3-5-10-17/h;3-13,15H,14H2,1-2H3/q-1;+1. The van der Waals surface area contributed by atoms with E-state index in [9.17, 15) is 62.3 Å². The van der Waals surface area contributed by atoms with Gasteiger partial charge in [0.05, 0.1) is 5.39 Å². The minimum Gasteiger partial charge on any atom is -0.287 e. The van der Waals surface area contributed by atoms with Crippen molar-refractivity contribution in [3.05, 3.63) is 194 Å². The molecule has 0 aliphatic heterocycles. The van der Waals surface area contributed by atoms with E-state index in [1.165, 1.54) is 0 Å². The van der Waals surface area contributed by atoms with Crippen molar-refractivity contribution in [3.8, 4) is 0 Å². The largest absolute Gasteiger partial charge is 0.287 e. The van der Waals surface area contributed by atoms with E-state index in [2.05, 4.69) is 0 Å². The van der Waals surface area contributed by atoms with Gasteiger partial charge in [-0.15, -0.1) is 21.9 Å². The number of rotatable bonds is 9. The summed E-state index contributed by atoms with van der Waals surface area (Å²) in [6.45, 7) is 3.92. The van der Waals surface area contributed by atoms with Gasteiger partial charge in [0.2, 0.25) is 18.1 Å². The first kappa shape index (κ1) is 51.1. The van der Waals surface area contributed by atoms with Crippen molar-refractivity contribution in [1.82, 2.24) is 0 Å². The number of benzene rings is 6. The Morgan fingerprint density at radius 1 is 0.406 bits per heavy atom. The van der Waals surface area contributed by atoms with Crippen LogP contribution in [0, 0.1) is 122 Å². The molecule has 0 spiro atoms. The van der Waals surface area contributed by atoms with Crippen LogP contribution in [0.5, 0.6) is 0 Å². The summed E-state index contributed by atoms with van der Waals surface area (Å²) in [7, 11) is 0. The number of hydrogen-bond donors (Lipinski definition) is 0. The number of carbonyl (C=O) groups is 2. The summed E-state index contributed by atoms with van der Waals surface area (Å²) in [5, 5.41) is 1.89. The van der Waals surface area contributed by atoms with Gasteiger partial charge in [-0.1, -0.05) is 62.4 Å². The van der Waals surface area contributed by atoms with E-state index in [4.69, 9.17) is 0 Å². The Hall–Kier alpha value is -7.27. The van der Waals surface area contributed by atoms with Crippen LogP contribution in [-0.4, -0.2) is 17.7 Å². The molecule has 0 aliphatic rings. The van der Waals surface area contributed by atoms with Crippen LogP contribution in [-0.2, 0) is 6.54 Å². The summed E-state index contributed by atoms with van der Waals surface area (Å²) in [5.74, 6) is -71.5. The molecule has 1 aromatic heterocycles. The van der Waals surface area contributed by atoms with Crippen molar-refractivity contribution in [2.24, 2.45) is 5.92 Å². The lowest BCUT2D eigenvalue weighted by Crippen LogP contribution is -2.81. The van der Waals surface area contributed by atoms with Gasteiger partial charge in [0.25, 0.3) is 5.69 Å². The van der Waals surface area contributed by atoms with Crippen LogP contribution in [0.15, 0.2) is 66.9 Å². The molecule has 0 aliphatic carbocycles. The molecule has 0 bridgehead atoms. The highest BCUT2D eigenvalue weighted by molar-refractivity contribution is 7.20. The Kier molecular flexibility index (Phi) is 14.1. The molecule has 3 nitrogen and oxygen atoms in total. The molecule has 0 saturated heterocycles. The summed E-state index contributed by atoms with van der Waals surface area (Å²) in [6.07, 6.45) is -5.38. The highest BCUT2D eigenvalue weighted by Crippen LogP contribution is 2.31. The minimum atomic E-state index is -7.22. The fraction of sp³-hybridized carbons (Fsp3) is 0.0889. The molecule has 0 saturated carbocycles. The van der Waals surface area contributed by atoms with E-state index < -0.39 is 144 Å². The fourth-order valence-electron chi connectivity index (χ4n) is 7.68. The summed E-state index contributed by atoms with van der Waals surface area (Å²) >= 11 is 0. The predicted octanol–water partition coefficient (Wildman–Crippen LogP) is 9.69. The molecular weight excluding hydrogens is 977 g/mol. The smallest absolute Gasteiger partial charge is 0.257 e. The van der Waals surface area contributed by atoms with Crippen molar-refractivity contribution in [2.75, 3.05) is 0 Å². The van der Waals surface area contributed by atoms with Crippen molar-refractivity contribution >= 4 is 50.3 Å². The molecule has 0 radical (unpaired) electrons. The van der Waals surface area contributed by atoms with Gasteiger partial charge in [-0.3, -0.25) is 9.59 Å². The van der Waals surface area contributed by atoms with Gasteiger partial charge < -0.3 is 0 Å². The molecule has 0 unspecified atom stereocenters. The zero-order valence-electron chi connectivity index (χ0n) is 34.0. The number of fused-ring (bicyclic) bond motifs is 1. The van der Waals surface area contributed by atoms with Crippen molar-refractivity contribution in [1.29, 1.82) is 0 Å². The van der Waals surface area contributed by atoms with E-state index in [-0.39, 0.29) is 24.0 Å². The van der Waals surface area contributed by atoms with Crippen LogP contribution in [0.2, 0.25) is 0 Å². The first-order valence-electron chi connectivity index (χ1n) is 19.0. The lowest BCUT2D eigenvalue weighted by molar-refractivity contribution is -0.683. The third kappa shape index (κ3) is 8.11. The molecule has 6 aromatic carbocycles. The zero-order valence-corrected chi connectivity index (χ0v) is 34.0. The Morgan fingerprint density at radius 3 is 1.01 bits per heavy atom. The second-order valence-electron chi connectivity index (χ2n) is 15.0. The maximum Gasteiger partial charge on any atom is 0.257 e. The maximum atomic E-state index is 15.4. The van der Waals surface area contributed by atoms with Gasteiger partial charge in [0.1, 0.15) is 52.7 Å². The Balaban J connectivity index is 0.000000273. The number of carbonyl (C=O) groups excluding carboxylic acids is 2. The summed E-state index contributed by atoms with van der Waals surface area (Å²) in [5.41, 5.74) is -13.1. The minimum absolute atomic E-state index is 0.00585. The predicted molar refractivity (Wildman–Crippen MR) is 203 cm³/mol. The number of Topliss-reactive ketones (excluding diaryl/α,β-unsaturated/α-hetero) is 2. The van der Waals surface area contributed by atoms with Gasteiger partial charge in [-0.2, -0.15) is 4.57 Å². The molecule has 0 N–H and O–H groups in total. The summed E-state index contributed by atoms with van der Waals surface area (Å²) in [4.78, 5) is 25.3. The average Bonchev–Trinajstić information content (AvgIpc) is 3.33. The zero-order chi connectivity index (χ0) is 51.5. The highest BCUT2D eigenvalue weighted by atomic mass is 19.2. The Morgan fingerprint density at radius 2 is 0.696 bits per heavy atom. The lowest BCUT2D eigenvalue weighted by Gasteiger charge is -2.44. The topological polar surface area (TPSA) is 38.0 Å². The highest BCUT2D eigenvalue weighted by Gasteiger charge is 2.52. The monoisotopic (exact) mass is 997 g/mol. The molecule has 24 heteroatoms. The molecule has 0 atom stereocenters. The molecule has 1 heterocycles. The van der Waals surface area contributed by atoms with Crippen molar-refractivity contribution in [2.45, 2.75) is 20.4 Å². The Labute approximate surface area is 372 Å². The number of ketones is 2. The van der Waals surface area contributed by atoms with E-state index in [0.29, 0.717) is 11.3 Å². The molecule has 69 heavy (non-hydrogen) atoms. The van der Waals surface area contributed by atoms with Crippen LogP contribution < -0.4 is 26.4 Å². The SMILES string of the molecule is CC(C)C(=O)c1c2ccccc2cc[n+]1CC(=O)c1ccccc1.Fc1c(F)c(F)c([B-](c2c(F)c(F)c(F)c(F)c2F)(c2c(F)c(F)c(F)c(F)c2F)c2c(F)c(F)c(F)c(F)c2F)c(F)c1F. The third-order valence-corrected chi connectivity index (χ3v) is 10.8. The summed E-state index contributed by atoms with van der Waals surface area (Å²) in [6, 6.07) is 18.9. The van der Waals surface area contributed by atoms with E-state index in [1.807, 2.05) is 68.6 Å². The second-order valence-corrected chi connectivity index (χ2v) is 15.0. The van der Waals surface area contributed by atoms with Gasteiger partial charge in [-0.05, 0) is 11.5 Å². The molecule has 7 rings (SSSR count). The quantitative estimate of drug-likeness (QED) is 0.0361. The number of halogens is 20. The molecule has 360 valence electrons. The van der Waals surface area contributed by atoms with E-state index >= 15 is 35.1 Å². The maximum absolute atomic E-state index is 15.4. The Bertz CT molecular complexity index is 2890. The molecule has 7 aromatic rings. The van der Waals surface area contributed by atoms with Crippen LogP contribution in [0.3, 0.4) is 0 Å². The van der Waals surface area contributed by atoms with E-state index in [0.717, 1.165) is 10.8 Å². The van der Waals surface area contributed by atoms with Crippen molar-refractivity contribution in [3.63, 3.8) is 0 Å². The molecule has 0 fully saturated rings. The number of pyridine rings is 1. The third-order valence-electron chi connectivity index (χ3n) is 10.8. The molecular formula is C45H20BF20NO2. The first-order chi connectivity index (χ1) is 32.3. The normalized spacial score (nSPS) is 11.6. The average molecular weight is 997 g/mol. The van der Waals surface area contributed by atoms with Gasteiger partial charge in [-0.25, -0.2) is 87.8 Å². The second kappa shape index (κ2) is 19.0. The number of hydrogen-bond acceptors (Lipinski definition) is 2. The van der Waals surface area contributed by atoms with Crippen LogP contribution >= 0.6 is 0 Å².